The quantitative estimate of drug-likeness (QED) is 0.261. The first-order valence-corrected chi connectivity index (χ1v) is 11.4. The van der Waals surface area contributed by atoms with Crippen LogP contribution in [0, 0.1) is 0 Å². The number of hydrogen-bond donors (Lipinski definition) is 0. The first kappa shape index (κ1) is 18.9. The summed E-state index contributed by atoms with van der Waals surface area (Å²) in [6, 6.07) is 37.7. The summed E-state index contributed by atoms with van der Waals surface area (Å²) in [4.78, 5) is 14.9. The summed E-state index contributed by atoms with van der Waals surface area (Å²) in [5, 5.41) is 8.18. The largest absolute Gasteiger partial charge is 0.254 e. The Labute approximate surface area is 196 Å². The molecule has 0 saturated carbocycles. The number of nitrogens with zero attached hydrogens (tertiary/aromatic N) is 3. The second-order valence-corrected chi connectivity index (χ2v) is 8.48. The first-order valence-electron chi connectivity index (χ1n) is 11.4. The monoisotopic (exact) mass is 433 g/mol. The highest BCUT2D eigenvalue weighted by Gasteiger charge is 2.15. The van der Waals surface area contributed by atoms with Crippen molar-refractivity contribution in [1.82, 2.24) is 15.0 Å². The van der Waals surface area contributed by atoms with Gasteiger partial charge in [-0.3, -0.25) is 4.98 Å². The normalized spacial score (nSPS) is 11.5. The highest BCUT2D eigenvalue weighted by molar-refractivity contribution is 6.22. The van der Waals surface area contributed by atoms with Crippen LogP contribution >= 0.6 is 0 Å². The second kappa shape index (κ2) is 7.46. The molecule has 7 aromatic rings. The van der Waals surface area contributed by atoms with Gasteiger partial charge in [0.1, 0.15) is 0 Å². The van der Waals surface area contributed by atoms with Gasteiger partial charge < -0.3 is 0 Å². The van der Waals surface area contributed by atoms with Crippen LogP contribution in [0.3, 0.4) is 0 Å². The van der Waals surface area contributed by atoms with Gasteiger partial charge in [0.25, 0.3) is 0 Å². The third kappa shape index (κ3) is 2.87. The van der Waals surface area contributed by atoms with Gasteiger partial charge in [-0.25, -0.2) is 9.97 Å². The van der Waals surface area contributed by atoms with Gasteiger partial charge in [0.2, 0.25) is 0 Å². The molecule has 3 nitrogen and oxygen atoms in total. The van der Waals surface area contributed by atoms with Gasteiger partial charge in [-0.05, 0) is 40.4 Å². The highest BCUT2D eigenvalue weighted by atomic mass is 14.8. The fraction of sp³-hybridized carbons (Fsp3) is 0. The molecule has 0 bridgehead atoms. The molecule has 4 aromatic carbocycles. The molecule has 0 aliphatic rings. The molecule has 7 rings (SSSR count). The van der Waals surface area contributed by atoms with Crippen LogP contribution in [0.15, 0.2) is 115 Å². The van der Waals surface area contributed by atoms with Crippen molar-refractivity contribution in [2.75, 3.05) is 0 Å². The maximum Gasteiger partial charge on any atom is 0.0972 e. The van der Waals surface area contributed by atoms with Gasteiger partial charge in [0, 0.05) is 27.7 Å². The van der Waals surface area contributed by atoms with Crippen molar-refractivity contribution in [1.29, 1.82) is 0 Å². The molecule has 0 amide bonds. The molecule has 0 saturated heterocycles. The van der Waals surface area contributed by atoms with Crippen LogP contribution in [0.5, 0.6) is 0 Å². The molecule has 3 aromatic heterocycles. The van der Waals surface area contributed by atoms with E-state index in [0.717, 1.165) is 49.8 Å². The van der Waals surface area contributed by atoms with E-state index in [4.69, 9.17) is 9.97 Å². The summed E-state index contributed by atoms with van der Waals surface area (Å²) in [6.07, 6.45) is 1.85. The van der Waals surface area contributed by atoms with Crippen molar-refractivity contribution in [2.45, 2.75) is 0 Å². The lowest BCUT2D eigenvalue weighted by molar-refractivity contribution is 1.25. The van der Waals surface area contributed by atoms with Gasteiger partial charge in [0.15, 0.2) is 0 Å². The Morgan fingerprint density at radius 1 is 0.412 bits per heavy atom. The molecule has 0 spiro atoms. The van der Waals surface area contributed by atoms with Crippen LogP contribution in [0.4, 0.5) is 0 Å². The summed E-state index contributed by atoms with van der Waals surface area (Å²) >= 11 is 0. The lowest BCUT2D eigenvalue weighted by Crippen LogP contribution is -1.95. The summed E-state index contributed by atoms with van der Waals surface area (Å²) in [5.41, 5.74) is 4.44. The predicted molar refractivity (Wildman–Crippen MR) is 141 cm³/mol. The van der Waals surface area contributed by atoms with Crippen LogP contribution in [0.2, 0.25) is 0 Å². The fourth-order valence-corrected chi connectivity index (χ4v) is 4.94. The molecule has 0 atom stereocenters. The highest BCUT2D eigenvalue weighted by Crippen LogP contribution is 2.37. The zero-order valence-corrected chi connectivity index (χ0v) is 18.3. The third-order valence-electron chi connectivity index (χ3n) is 6.50. The molecule has 0 aliphatic carbocycles. The van der Waals surface area contributed by atoms with Crippen LogP contribution in [0.25, 0.3) is 66.0 Å². The van der Waals surface area contributed by atoms with Gasteiger partial charge in [-0.2, -0.15) is 0 Å². The Morgan fingerprint density at radius 3 is 1.94 bits per heavy atom. The summed E-state index contributed by atoms with van der Waals surface area (Å²) in [7, 11) is 0. The lowest BCUT2D eigenvalue weighted by Gasteiger charge is -2.13. The van der Waals surface area contributed by atoms with Crippen molar-refractivity contribution in [3.8, 4) is 22.8 Å². The first-order chi connectivity index (χ1) is 16.9. The topological polar surface area (TPSA) is 38.7 Å². The fourth-order valence-electron chi connectivity index (χ4n) is 4.94. The van der Waals surface area contributed by atoms with Crippen molar-refractivity contribution in [3.63, 3.8) is 0 Å². The zero-order chi connectivity index (χ0) is 22.5. The van der Waals surface area contributed by atoms with Gasteiger partial charge in [-0.15, -0.1) is 0 Å². The van der Waals surface area contributed by atoms with E-state index in [-0.39, 0.29) is 0 Å². The molecule has 0 aliphatic heterocycles. The standard InChI is InChI=1S/C31H19N3/c1-3-10-22-20(8-1)16-17-25-29(22)24-12-5-6-13-26(24)34-31(25)28-15-7-14-27(33-28)30-23-11-4-2-9-21(23)18-19-32-30/h1-19H. The molecular formula is C31H19N3. The minimum Gasteiger partial charge on any atom is -0.254 e. The summed E-state index contributed by atoms with van der Waals surface area (Å²) < 4.78 is 0. The maximum absolute atomic E-state index is 5.09. The zero-order valence-electron chi connectivity index (χ0n) is 18.3. The summed E-state index contributed by atoms with van der Waals surface area (Å²) in [6.45, 7) is 0. The van der Waals surface area contributed by atoms with Crippen LogP contribution in [-0.2, 0) is 0 Å². The minimum absolute atomic E-state index is 0.846. The molecular weight excluding hydrogens is 414 g/mol. The van der Waals surface area contributed by atoms with Gasteiger partial charge in [0.05, 0.1) is 28.3 Å². The molecule has 0 N–H and O–H groups in total. The van der Waals surface area contributed by atoms with E-state index >= 15 is 0 Å². The number of hydrogen-bond acceptors (Lipinski definition) is 3. The molecule has 34 heavy (non-hydrogen) atoms. The van der Waals surface area contributed by atoms with Crippen molar-refractivity contribution < 1.29 is 0 Å². The number of aromatic nitrogens is 3. The van der Waals surface area contributed by atoms with Crippen molar-refractivity contribution in [3.05, 3.63) is 115 Å². The number of benzene rings is 4. The Hall–Kier alpha value is -4.63. The van der Waals surface area contributed by atoms with E-state index in [0.29, 0.717) is 0 Å². The van der Waals surface area contributed by atoms with Gasteiger partial charge in [-0.1, -0.05) is 84.9 Å². The lowest BCUT2D eigenvalue weighted by atomic mass is 9.96. The number of para-hydroxylation sites is 1. The summed E-state index contributed by atoms with van der Waals surface area (Å²) in [5.74, 6) is 0. The number of rotatable bonds is 2. The third-order valence-corrected chi connectivity index (χ3v) is 6.50. The molecule has 3 heterocycles. The van der Waals surface area contributed by atoms with E-state index in [1.807, 2.05) is 48.7 Å². The van der Waals surface area contributed by atoms with E-state index in [1.54, 1.807) is 0 Å². The Kier molecular flexibility index (Phi) is 4.15. The number of fused-ring (bicyclic) bond motifs is 6. The van der Waals surface area contributed by atoms with Crippen LogP contribution in [0.1, 0.15) is 0 Å². The van der Waals surface area contributed by atoms with E-state index in [2.05, 4.69) is 71.7 Å². The minimum atomic E-state index is 0.846. The molecule has 0 fully saturated rings. The molecule has 0 unspecified atom stereocenters. The number of pyridine rings is 3. The smallest absolute Gasteiger partial charge is 0.0972 e. The van der Waals surface area contributed by atoms with E-state index in [1.165, 1.54) is 16.2 Å². The van der Waals surface area contributed by atoms with E-state index < -0.39 is 0 Å². The molecule has 3 heteroatoms. The predicted octanol–water partition coefficient (Wildman–Crippen LogP) is 7.82. The van der Waals surface area contributed by atoms with E-state index in [9.17, 15) is 0 Å². The van der Waals surface area contributed by atoms with Crippen LogP contribution < -0.4 is 0 Å². The molecule has 158 valence electrons. The maximum atomic E-state index is 5.09. The van der Waals surface area contributed by atoms with Crippen molar-refractivity contribution >= 4 is 43.2 Å². The SMILES string of the molecule is c1cc(-c2nccc3ccccc23)nc(-c2nc3ccccc3c3c2ccc2ccccc23)c1. The van der Waals surface area contributed by atoms with Gasteiger partial charge >= 0.3 is 0 Å². The Morgan fingerprint density at radius 2 is 1.09 bits per heavy atom. The molecule has 0 radical (unpaired) electrons. The van der Waals surface area contributed by atoms with Crippen molar-refractivity contribution in [2.24, 2.45) is 0 Å². The van der Waals surface area contributed by atoms with Crippen LogP contribution in [-0.4, -0.2) is 15.0 Å². The Bertz CT molecular complexity index is 1850. The average Bonchev–Trinajstić information content (AvgIpc) is 2.92. The average molecular weight is 434 g/mol. The second-order valence-electron chi connectivity index (χ2n) is 8.48. The Balaban J connectivity index is 1.54.